The zero-order valence-corrected chi connectivity index (χ0v) is 17.1. The van der Waals surface area contributed by atoms with E-state index >= 15 is 0 Å². The molecule has 0 unspecified atom stereocenters. The van der Waals surface area contributed by atoms with Crippen molar-refractivity contribution in [3.8, 4) is 0 Å². The van der Waals surface area contributed by atoms with Crippen molar-refractivity contribution in [1.29, 1.82) is 0 Å². The van der Waals surface area contributed by atoms with Crippen molar-refractivity contribution in [2.75, 3.05) is 11.9 Å². The third kappa shape index (κ3) is 4.02. The lowest BCUT2D eigenvalue weighted by atomic mass is 10.1. The van der Waals surface area contributed by atoms with Crippen LogP contribution < -0.4 is 10.6 Å². The van der Waals surface area contributed by atoms with E-state index in [9.17, 15) is 9.59 Å². The first-order valence-corrected chi connectivity index (χ1v) is 10.2. The molecule has 0 saturated heterocycles. The summed E-state index contributed by atoms with van der Waals surface area (Å²) in [5.41, 5.74) is 1.73. The van der Waals surface area contributed by atoms with Crippen LogP contribution in [0.25, 0.3) is 10.9 Å². The van der Waals surface area contributed by atoms with E-state index in [4.69, 9.17) is 23.8 Å². The minimum absolute atomic E-state index is 0.103. The zero-order valence-electron chi connectivity index (χ0n) is 15.5. The fraction of sp³-hybridized carbons (Fsp3) is 0.238. The number of halogens is 1. The minimum atomic E-state index is -0.501. The average molecular weight is 427 g/mol. The van der Waals surface area contributed by atoms with Crippen LogP contribution in [0.5, 0.6) is 0 Å². The van der Waals surface area contributed by atoms with Crippen LogP contribution in [0.3, 0.4) is 0 Å². The molecule has 148 valence electrons. The largest absolute Gasteiger partial charge is 0.359 e. The van der Waals surface area contributed by atoms with Crippen LogP contribution in [0.15, 0.2) is 48.5 Å². The van der Waals surface area contributed by atoms with Crippen molar-refractivity contribution < 1.29 is 9.59 Å². The number of hydrogen-bond acceptors (Lipinski definition) is 5. The van der Waals surface area contributed by atoms with Gasteiger partial charge in [-0.1, -0.05) is 41.9 Å². The van der Waals surface area contributed by atoms with Gasteiger partial charge in [0.05, 0.1) is 5.52 Å². The van der Waals surface area contributed by atoms with Crippen LogP contribution in [0, 0.1) is 4.77 Å². The first kappa shape index (κ1) is 19.5. The second-order valence-electron chi connectivity index (χ2n) is 6.86. The lowest BCUT2D eigenvalue weighted by Gasteiger charge is -2.10. The highest BCUT2D eigenvalue weighted by Crippen LogP contribution is 2.29. The molecule has 1 aromatic heterocycles. The number of anilines is 1. The average Bonchev–Trinajstić information content (AvgIpc) is 3.05. The van der Waals surface area contributed by atoms with Gasteiger partial charge in [-0.2, -0.15) is 0 Å². The highest BCUT2D eigenvalue weighted by atomic mass is 35.5. The van der Waals surface area contributed by atoms with Crippen LogP contribution in [-0.4, -0.2) is 34.0 Å². The van der Waals surface area contributed by atoms with E-state index in [2.05, 4.69) is 15.6 Å². The summed E-state index contributed by atoms with van der Waals surface area (Å²) >= 11 is 11.4. The summed E-state index contributed by atoms with van der Waals surface area (Å²) in [5, 5.41) is 7.63. The fourth-order valence-electron chi connectivity index (χ4n) is 3.47. The Hall–Kier alpha value is -2.77. The minimum Gasteiger partial charge on any atom is -0.359 e. The molecule has 0 fully saturated rings. The lowest BCUT2D eigenvalue weighted by Crippen LogP contribution is -2.30. The number of hydrogen-bond donors (Lipinski definition) is 2. The Bertz CT molecular complexity index is 1160. The van der Waals surface area contributed by atoms with Gasteiger partial charge in [0.15, 0.2) is 0 Å². The summed E-state index contributed by atoms with van der Waals surface area (Å²) in [6, 6.07) is 14.6. The third-order valence-corrected chi connectivity index (χ3v) is 5.60. The number of benzene rings is 2. The molecule has 2 N–H and O–H groups in total. The first-order chi connectivity index (χ1) is 14.0. The molecule has 0 aliphatic carbocycles. The van der Waals surface area contributed by atoms with E-state index in [0.29, 0.717) is 30.2 Å². The van der Waals surface area contributed by atoms with E-state index in [0.717, 1.165) is 16.5 Å². The smallest absolute Gasteiger partial charge is 0.257 e. The lowest BCUT2D eigenvalue weighted by molar-refractivity contribution is -0.121. The van der Waals surface area contributed by atoms with Gasteiger partial charge in [0.25, 0.3) is 5.91 Å². The van der Waals surface area contributed by atoms with Crippen LogP contribution >= 0.6 is 23.8 Å². The summed E-state index contributed by atoms with van der Waals surface area (Å²) in [7, 11) is 0. The summed E-state index contributed by atoms with van der Waals surface area (Å²) < 4.78 is 1.65. The monoisotopic (exact) mass is 426 g/mol. The number of rotatable bonds is 6. The molecule has 1 amide bonds. The molecule has 8 heteroatoms. The molecule has 1 atom stereocenters. The molecule has 3 aromatic rings. The zero-order chi connectivity index (χ0) is 20.4. The summed E-state index contributed by atoms with van der Waals surface area (Å²) in [6.07, 6.45) is 1.27. The molecule has 1 aliphatic heterocycles. The molecule has 4 rings (SSSR count). The maximum atomic E-state index is 12.8. The molecule has 2 aromatic carbocycles. The van der Waals surface area contributed by atoms with Gasteiger partial charge in [-0.05, 0) is 48.8 Å². The third-order valence-electron chi connectivity index (χ3n) is 4.95. The van der Waals surface area contributed by atoms with Gasteiger partial charge in [-0.15, -0.1) is 0 Å². The molecule has 0 radical (unpaired) electrons. The van der Waals surface area contributed by atoms with Gasteiger partial charge >= 0.3 is 0 Å². The number of fused-ring (bicyclic) bond motifs is 3. The van der Waals surface area contributed by atoms with E-state index in [1.165, 1.54) is 4.57 Å². The normalized spacial score (nSPS) is 15.2. The molecular formula is C21H19ClN4O2S. The predicted octanol–water partition coefficient (Wildman–Crippen LogP) is 3.99. The molecule has 6 nitrogen and oxygen atoms in total. The molecule has 0 spiro atoms. The quantitative estimate of drug-likeness (QED) is 0.583. The highest BCUT2D eigenvalue weighted by Gasteiger charge is 2.31. The molecular weight excluding hydrogens is 408 g/mol. The van der Waals surface area contributed by atoms with Crippen molar-refractivity contribution in [1.82, 2.24) is 14.9 Å². The van der Waals surface area contributed by atoms with Crippen molar-refractivity contribution in [3.63, 3.8) is 0 Å². The van der Waals surface area contributed by atoms with Crippen LogP contribution in [-0.2, 0) is 11.2 Å². The number of carbonyl (C=O) groups is 2. The molecule has 0 bridgehead atoms. The first-order valence-electron chi connectivity index (χ1n) is 9.37. The maximum Gasteiger partial charge on any atom is 0.257 e. The van der Waals surface area contributed by atoms with Crippen molar-refractivity contribution in [2.24, 2.45) is 0 Å². The molecule has 29 heavy (non-hydrogen) atoms. The van der Waals surface area contributed by atoms with Crippen molar-refractivity contribution in [3.05, 3.63) is 63.9 Å². The van der Waals surface area contributed by atoms with E-state index in [1.54, 1.807) is 0 Å². The van der Waals surface area contributed by atoms with Gasteiger partial charge in [-0.3, -0.25) is 9.59 Å². The Morgan fingerprint density at radius 2 is 1.97 bits per heavy atom. The second-order valence-corrected chi connectivity index (χ2v) is 7.63. The second kappa shape index (κ2) is 8.31. The summed E-state index contributed by atoms with van der Waals surface area (Å²) in [5.74, 6) is 0.371. The van der Waals surface area contributed by atoms with Crippen molar-refractivity contribution >= 4 is 52.4 Å². The maximum absolute atomic E-state index is 12.8. The summed E-state index contributed by atoms with van der Waals surface area (Å²) in [6.45, 7) is 0.494. The Morgan fingerprint density at radius 3 is 2.79 bits per heavy atom. The Labute approximate surface area is 177 Å². The van der Waals surface area contributed by atoms with Crippen LogP contribution in [0.1, 0.15) is 23.2 Å². The van der Waals surface area contributed by atoms with Gasteiger partial charge < -0.3 is 10.6 Å². The SMILES string of the molecule is O=C(CC[C@H]1Nc2c3ccccc3nc(=S)n2C1=O)NCCc1ccccc1Cl. The number of aromatic nitrogens is 2. The van der Waals surface area contributed by atoms with E-state index in [-0.39, 0.29) is 23.0 Å². The predicted molar refractivity (Wildman–Crippen MR) is 116 cm³/mol. The molecule has 0 saturated carbocycles. The van der Waals surface area contributed by atoms with Crippen LogP contribution in [0.4, 0.5) is 5.82 Å². The van der Waals surface area contributed by atoms with Gasteiger partial charge in [0, 0.05) is 23.4 Å². The molecule has 1 aliphatic rings. The Balaban J connectivity index is 1.36. The number of nitrogens with zero attached hydrogens (tertiary/aromatic N) is 2. The van der Waals surface area contributed by atoms with Crippen LogP contribution in [0.2, 0.25) is 5.02 Å². The van der Waals surface area contributed by atoms with Gasteiger partial charge in [-0.25, -0.2) is 9.55 Å². The molecule has 2 heterocycles. The topological polar surface area (TPSA) is 76.0 Å². The number of para-hydroxylation sites is 1. The summed E-state index contributed by atoms with van der Waals surface area (Å²) in [4.78, 5) is 29.3. The van der Waals surface area contributed by atoms with E-state index < -0.39 is 6.04 Å². The fourth-order valence-corrected chi connectivity index (χ4v) is 3.98. The number of amides is 1. The highest BCUT2D eigenvalue weighted by molar-refractivity contribution is 7.71. The van der Waals surface area contributed by atoms with Gasteiger partial charge in [0.2, 0.25) is 10.7 Å². The Morgan fingerprint density at radius 1 is 1.21 bits per heavy atom. The Kier molecular flexibility index (Phi) is 5.60. The standard InChI is InChI=1S/C21H19ClN4O2S/c22-15-7-3-1-5-13(15)11-12-23-18(27)10-9-17-20(28)26-19(24-17)14-6-2-4-8-16(14)25-21(26)29/h1-8,17,24H,9-12H2,(H,23,27)/t17-/m1/s1. The van der Waals surface area contributed by atoms with E-state index in [1.807, 2.05) is 48.5 Å². The number of carbonyl (C=O) groups excluding carboxylic acids is 2. The number of nitrogens with one attached hydrogen (secondary N) is 2. The van der Waals surface area contributed by atoms with Gasteiger partial charge in [0.1, 0.15) is 11.9 Å². The van der Waals surface area contributed by atoms with Crippen molar-refractivity contribution in [2.45, 2.75) is 25.3 Å².